The lowest BCUT2D eigenvalue weighted by molar-refractivity contribution is -0.137. The van der Waals surface area contributed by atoms with Crippen LogP contribution in [0.5, 0.6) is 0 Å². The van der Waals surface area contributed by atoms with E-state index in [0.29, 0.717) is 52.3 Å². The molecule has 0 aliphatic carbocycles. The number of carboxylic acid groups (broad SMARTS) is 1. The molecule has 1 aliphatic rings. The first-order chi connectivity index (χ1) is 16.7. The van der Waals surface area contributed by atoms with E-state index in [1.54, 1.807) is 6.07 Å². The van der Waals surface area contributed by atoms with Crippen LogP contribution in [-0.4, -0.2) is 47.8 Å². The number of fused-ring (bicyclic) bond motifs is 1. The van der Waals surface area contributed by atoms with Crippen molar-refractivity contribution >= 4 is 56.1 Å². The summed E-state index contributed by atoms with van der Waals surface area (Å²) in [7, 11) is 0. The molecule has 1 fully saturated rings. The Morgan fingerprint density at radius 2 is 2.09 bits per heavy atom. The molecule has 0 bridgehead atoms. The molecule has 35 heavy (non-hydrogen) atoms. The normalized spacial score (nSPS) is 16.5. The molecule has 2 aromatic carbocycles. The lowest BCUT2D eigenvalue weighted by atomic mass is 9.93. The fourth-order valence-corrected chi connectivity index (χ4v) is 5.26. The highest BCUT2D eigenvalue weighted by atomic mass is 79.9. The number of pyridine rings is 1. The zero-order valence-electron chi connectivity index (χ0n) is 19.2. The third kappa shape index (κ3) is 5.76. The number of hydrogen-bond donors (Lipinski definition) is 2. The molecule has 1 aliphatic heterocycles. The molecule has 184 valence electrons. The zero-order valence-corrected chi connectivity index (χ0v) is 21.6. The number of aliphatic carboxylic acids is 1. The van der Waals surface area contributed by atoms with Crippen LogP contribution in [0.4, 0.5) is 10.2 Å². The van der Waals surface area contributed by atoms with Gasteiger partial charge in [0.1, 0.15) is 12.0 Å². The molecule has 4 rings (SSSR count). The highest BCUT2D eigenvalue weighted by molar-refractivity contribution is 9.10. The zero-order chi connectivity index (χ0) is 25.1. The average molecular weight is 563 g/mol. The Hall–Kier alpha value is -2.71. The first kappa shape index (κ1) is 25.4. The monoisotopic (exact) mass is 561 g/mol. The van der Waals surface area contributed by atoms with Gasteiger partial charge in [0.25, 0.3) is 5.91 Å². The standard InChI is InChI=1S/C26H26BrClFN3O3/c1-15-24(20-12-17(27)7-8-22(20)31-25(15)32-11-10-18(29)14-32)26(35)30-13-16(6-9-23(33)34)19-4-2-3-5-21(19)28/h2-5,7-8,12,16,18H,6,9-11,13-14H2,1H3,(H,30,35)(H,33,34)/t16-,18+/m0/s1. The number of anilines is 1. The van der Waals surface area contributed by atoms with Gasteiger partial charge in [0.05, 0.1) is 17.6 Å². The Balaban J connectivity index is 1.67. The van der Waals surface area contributed by atoms with Crippen LogP contribution in [0.15, 0.2) is 46.9 Å². The van der Waals surface area contributed by atoms with Crippen molar-refractivity contribution in [3.8, 4) is 0 Å². The van der Waals surface area contributed by atoms with E-state index >= 15 is 0 Å². The highest BCUT2D eigenvalue weighted by Crippen LogP contribution is 2.33. The topological polar surface area (TPSA) is 82.5 Å². The molecule has 0 radical (unpaired) electrons. The highest BCUT2D eigenvalue weighted by Gasteiger charge is 2.28. The fraction of sp³-hybridized carbons (Fsp3) is 0.346. The Kier molecular flexibility index (Phi) is 7.91. The lowest BCUT2D eigenvalue weighted by Gasteiger charge is -2.23. The van der Waals surface area contributed by atoms with Crippen molar-refractivity contribution in [1.29, 1.82) is 0 Å². The molecule has 2 heterocycles. The number of benzene rings is 2. The number of aromatic nitrogens is 1. The van der Waals surface area contributed by atoms with Crippen LogP contribution in [0.1, 0.15) is 46.7 Å². The number of halogens is 3. The molecule has 0 spiro atoms. The number of nitrogens with zero attached hydrogens (tertiary/aromatic N) is 2. The summed E-state index contributed by atoms with van der Waals surface area (Å²) < 4.78 is 14.8. The van der Waals surface area contributed by atoms with Crippen LogP contribution in [0.2, 0.25) is 5.02 Å². The predicted octanol–water partition coefficient (Wildman–Crippen LogP) is 5.89. The molecule has 2 atom stereocenters. The number of rotatable bonds is 8. The number of amides is 1. The molecule has 1 amide bonds. The Bertz CT molecular complexity index is 1270. The van der Waals surface area contributed by atoms with Gasteiger partial charge in [0, 0.05) is 45.9 Å². The van der Waals surface area contributed by atoms with Crippen LogP contribution in [0, 0.1) is 6.92 Å². The van der Waals surface area contributed by atoms with E-state index in [-0.39, 0.29) is 31.3 Å². The van der Waals surface area contributed by atoms with Crippen molar-refractivity contribution in [2.24, 2.45) is 0 Å². The number of carboxylic acids is 1. The molecule has 1 saturated heterocycles. The van der Waals surface area contributed by atoms with Crippen molar-refractivity contribution in [1.82, 2.24) is 10.3 Å². The van der Waals surface area contributed by atoms with E-state index < -0.39 is 12.1 Å². The Labute approximate surface area is 216 Å². The summed E-state index contributed by atoms with van der Waals surface area (Å²) in [6, 6.07) is 12.8. The maximum absolute atomic E-state index is 13.9. The minimum atomic E-state index is -0.917. The average Bonchev–Trinajstić information content (AvgIpc) is 3.25. The summed E-state index contributed by atoms with van der Waals surface area (Å²) in [5.41, 5.74) is 2.60. The van der Waals surface area contributed by atoms with Gasteiger partial charge in [0.15, 0.2) is 0 Å². The van der Waals surface area contributed by atoms with E-state index in [1.807, 2.05) is 48.2 Å². The molecule has 3 aromatic rings. The number of alkyl halides is 1. The van der Waals surface area contributed by atoms with Crippen LogP contribution in [0.3, 0.4) is 0 Å². The second-order valence-electron chi connectivity index (χ2n) is 8.79. The summed E-state index contributed by atoms with van der Waals surface area (Å²) in [5, 5.41) is 13.4. The van der Waals surface area contributed by atoms with E-state index in [9.17, 15) is 19.1 Å². The summed E-state index contributed by atoms with van der Waals surface area (Å²) >= 11 is 9.86. The molecule has 9 heteroatoms. The first-order valence-corrected chi connectivity index (χ1v) is 12.6. The molecular formula is C26H26BrClFN3O3. The van der Waals surface area contributed by atoms with Crippen molar-refractivity contribution < 1.29 is 19.1 Å². The van der Waals surface area contributed by atoms with Gasteiger partial charge in [-0.1, -0.05) is 45.7 Å². The second-order valence-corrected chi connectivity index (χ2v) is 10.1. The van der Waals surface area contributed by atoms with Crippen molar-refractivity contribution in [3.05, 3.63) is 68.7 Å². The molecule has 0 saturated carbocycles. The third-order valence-electron chi connectivity index (χ3n) is 6.38. The molecule has 0 unspecified atom stereocenters. The second kappa shape index (κ2) is 10.9. The summed E-state index contributed by atoms with van der Waals surface area (Å²) in [6.07, 6.45) is -0.193. The van der Waals surface area contributed by atoms with Gasteiger partial charge in [-0.3, -0.25) is 9.59 Å². The van der Waals surface area contributed by atoms with Crippen molar-refractivity contribution in [3.63, 3.8) is 0 Å². The molecular weight excluding hydrogens is 537 g/mol. The van der Waals surface area contributed by atoms with E-state index in [4.69, 9.17) is 16.6 Å². The Morgan fingerprint density at radius 3 is 2.77 bits per heavy atom. The lowest BCUT2D eigenvalue weighted by Crippen LogP contribution is -2.31. The van der Waals surface area contributed by atoms with Gasteiger partial charge in [0.2, 0.25) is 0 Å². The van der Waals surface area contributed by atoms with Gasteiger partial charge in [-0.05, 0) is 49.6 Å². The number of carbonyl (C=O) groups excluding carboxylic acids is 1. The minimum absolute atomic E-state index is 0.0422. The van der Waals surface area contributed by atoms with Crippen LogP contribution < -0.4 is 10.2 Å². The summed E-state index contributed by atoms with van der Waals surface area (Å²) in [5.74, 6) is -0.860. The quantitative estimate of drug-likeness (QED) is 0.358. The van der Waals surface area contributed by atoms with Crippen molar-refractivity contribution in [2.45, 2.75) is 38.3 Å². The van der Waals surface area contributed by atoms with E-state index in [0.717, 1.165) is 10.0 Å². The van der Waals surface area contributed by atoms with Crippen LogP contribution >= 0.6 is 27.5 Å². The molecule has 6 nitrogen and oxygen atoms in total. The van der Waals surface area contributed by atoms with E-state index in [2.05, 4.69) is 21.2 Å². The van der Waals surface area contributed by atoms with Gasteiger partial charge in [-0.25, -0.2) is 9.37 Å². The SMILES string of the molecule is Cc1c(N2CC[C@@H](F)C2)nc2ccc(Br)cc2c1C(=O)NC[C@H](CCC(=O)O)c1ccccc1Cl. The van der Waals surface area contributed by atoms with E-state index in [1.165, 1.54) is 0 Å². The third-order valence-corrected chi connectivity index (χ3v) is 7.22. The molecule has 2 N–H and O–H groups in total. The number of carbonyl (C=O) groups is 2. The first-order valence-electron chi connectivity index (χ1n) is 11.5. The van der Waals surface area contributed by atoms with Crippen LogP contribution in [-0.2, 0) is 4.79 Å². The maximum Gasteiger partial charge on any atom is 0.303 e. The van der Waals surface area contributed by atoms with Crippen molar-refractivity contribution in [2.75, 3.05) is 24.5 Å². The predicted molar refractivity (Wildman–Crippen MR) is 139 cm³/mol. The number of nitrogens with one attached hydrogen (secondary N) is 1. The number of hydrogen-bond acceptors (Lipinski definition) is 4. The van der Waals surface area contributed by atoms with Gasteiger partial charge < -0.3 is 15.3 Å². The van der Waals surface area contributed by atoms with Gasteiger partial charge in [-0.15, -0.1) is 0 Å². The summed E-state index contributed by atoms with van der Waals surface area (Å²) in [6.45, 7) is 2.85. The minimum Gasteiger partial charge on any atom is -0.481 e. The maximum atomic E-state index is 13.9. The molecule has 1 aromatic heterocycles. The van der Waals surface area contributed by atoms with Crippen LogP contribution in [0.25, 0.3) is 10.9 Å². The largest absolute Gasteiger partial charge is 0.481 e. The fourth-order valence-electron chi connectivity index (χ4n) is 4.60. The smallest absolute Gasteiger partial charge is 0.303 e. The van der Waals surface area contributed by atoms with Gasteiger partial charge in [-0.2, -0.15) is 0 Å². The van der Waals surface area contributed by atoms with Gasteiger partial charge >= 0.3 is 5.97 Å². The summed E-state index contributed by atoms with van der Waals surface area (Å²) in [4.78, 5) is 31.5. The Morgan fingerprint density at radius 1 is 1.31 bits per heavy atom.